The number of halogens is 3. The lowest BCUT2D eigenvalue weighted by molar-refractivity contribution is 0.0520. The van der Waals surface area contributed by atoms with Gasteiger partial charge in [0.15, 0.2) is 0 Å². The van der Waals surface area contributed by atoms with Crippen molar-refractivity contribution in [3.63, 3.8) is 0 Å². The summed E-state index contributed by atoms with van der Waals surface area (Å²) in [5, 5.41) is 3.07. The quantitative estimate of drug-likeness (QED) is 0.805. The Kier molecular flexibility index (Phi) is 4.75. The van der Waals surface area contributed by atoms with Gasteiger partial charge in [-0.3, -0.25) is 0 Å². The number of hydrogen-bond acceptors (Lipinski definition) is 3. The smallest absolute Gasteiger partial charge is 0.408 e. The largest absolute Gasteiger partial charge is 0.459 e. The molecule has 0 bridgehead atoms. The van der Waals surface area contributed by atoms with Gasteiger partial charge in [-0.1, -0.05) is 15.9 Å². The molecular formula is C15H16BrF2NO3. The molecule has 7 heteroatoms. The van der Waals surface area contributed by atoms with Crippen LogP contribution in [0.2, 0.25) is 0 Å². The summed E-state index contributed by atoms with van der Waals surface area (Å²) >= 11 is 3.19. The van der Waals surface area contributed by atoms with Crippen LogP contribution in [0, 0.1) is 0 Å². The molecule has 0 saturated heterocycles. The summed E-state index contributed by atoms with van der Waals surface area (Å²) in [6.07, 6.45) is -3.24. The van der Waals surface area contributed by atoms with E-state index >= 15 is 0 Å². The number of alkyl halides is 2. The van der Waals surface area contributed by atoms with E-state index in [1.807, 2.05) is 0 Å². The van der Waals surface area contributed by atoms with Gasteiger partial charge in [0.1, 0.15) is 16.9 Å². The average Bonchev–Trinajstić information content (AvgIpc) is 2.75. The molecule has 0 saturated carbocycles. The number of carbonyl (C=O) groups excluding carboxylic acids is 1. The molecular weight excluding hydrogens is 360 g/mol. The highest BCUT2D eigenvalue weighted by atomic mass is 79.9. The first-order valence-corrected chi connectivity index (χ1v) is 7.42. The van der Waals surface area contributed by atoms with Gasteiger partial charge in [-0.25, -0.2) is 13.6 Å². The van der Waals surface area contributed by atoms with Crippen molar-refractivity contribution in [3.8, 4) is 0 Å². The molecule has 1 heterocycles. The molecule has 0 aliphatic rings. The number of carbonyl (C=O) groups is 1. The Balaban J connectivity index is 2.17. The lowest BCUT2D eigenvalue weighted by Gasteiger charge is -2.19. The van der Waals surface area contributed by atoms with Gasteiger partial charge >= 0.3 is 6.09 Å². The third kappa shape index (κ3) is 4.19. The van der Waals surface area contributed by atoms with Gasteiger partial charge < -0.3 is 14.5 Å². The zero-order valence-corrected chi connectivity index (χ0v) is 14.0. The molecule has 120 valence electrons. The summed E-state index contributed by atoms with van der Waals surface area (Å²) in [6.45, 7) is 5.31. The van der Waals surface area contributed by atoms with Gasteiger partial charge in [-0.15, -0.1) is 0 Å². The molecule has 0 fully saturated rings. The molecule has 1 aromatic carbocycles. The normalized spacial score (nSPS) is 12.0. The predicted octanol–water partition coefficient (Wildman–Crippen LogP) is 5.16. The number of furan rings is 1. The molecule has 4 nitrogen and oxygen atoms in total. The number of alkyl carbamates (subject to hydrolysis) is 1. The van der Waals surface area contributed by atoms with Crippen LogP contribution in [-0.2, 0) is 11.3 Å². The molecule has 0 radical (unpaired) electrons. The Bertz CT molecular complexity index is 692. The molecule has 1 aromatic heterocycles. The maximum absolute atomic E-state index is 13.0. The molecule has 0 unspecified atom stereocenters. The molecule has 1 N–H and O–H groups in total. The molecule has 0 aliphatic heterocycles. The Hall–Kier alpha value is -1.63. The second-order valence-electron chi connectivity index (χ2n) is 5.78. The molecule has 1 amide bonds. The summed E-state index contributed by atoms with van der Waals surface area (Å²) in [5.74, 6) is 0.376. The van der Waals surface area contributed by atoms with E-state index in [-0.39, 0.29) is 17.7 Å². The third-order valence-electron chi connectivity index (χ3n) is 2.70. The number of benzene rings is 1. The van der Waals surface area contributed by atoms with Crippen molar-refractivity contribution in [3.05, 3.63) is 34.0 Å². The first-order chi connectivity index (χ1) is 10.2. The van der Waals surface area contributed by atoms with Crippen LogP contribution in [0.4, 0.5) is 13.6 Å². The van der Waals surface area contributed by atoms with Crippen molar-refractivity contribution >= 4 is 33.0 Å². The van der Waals surface area contributed by atoms with Crippen LogP contribution in [0.15, 0.2) is 27.1 Å². The second-order valence-corrected chi connectivity index (χ2v) is 6.70. The van der Waals surface area contributed by atoms with Crippen molar-refractivity contribution in [2.24, 2.45) is 0 Å². The summed E-state index contributed by atoms with van der Waals surface area (Å²) < 4.78 is 37.1. The summed E-state index contributed by atoms with van der Waals surface area (Å²) in [6, 6.07) is 4.62. The molecule has 0 aliphatic carbocycles. The number of fused-ring (bicyclic) bond motifs is 1. The summed E-state index contributed by atoms with van der Waals surface area (Å²) in [4.78, 5) is 11.6. The van der Waals surface area contributed by atoms with Crippen molar-refractivity contribution in [1.82, 2.24) is 5.32 Å². The van der Waals surface area contributed by atoms with Crippen LogP contribution in [-0.4, -0.2) is 11.7 Å². The number of rotatable bonds is 3. The van der Waals surface area contributed by atoms with Gasteiger partial charge in [0.2, 0.25) is 0 Å². The highest BCUT2D eigenvalue weighted by Gasteiger charge is 2.19. The lowest BCUT2D eigenvalue weighted by atomic mass is 10.1. The van der Waals surface area contributed by atoms with E-state index in [0.29, 0.717) is 15.6 Å². The summed E-state index contributed by atoms with van der Waals surface area (Å²) in [7, 11) is 0. The van der Waals surface area contributed by atoms with Gasteiger partial charge in [0.25, 0.3) is 6.43 Å². The fraction of sp³-hybridized carbons (Fsp3) is 0.400. The number of nitrogens with one attached hydrogen (secondary N) is 1. The predicted molar refractivity (Wildman–Crippen MR) is 81.9 cm³/mol. The van der Waals surface area contributed by atoms with Crippen molar-refractivity contribution in [2.75, 3.05) is 0 Å². The number of ether oxygens (including phenoxy) is 1. The van der Waals surface area contributed by atoms with Crippen LogP contribution >= 0.6 is 15.9 Å². The van der Waals surface area contributed by atoms with Crippen LogP contribution in [0.5, 0.6) is 0 Å². The fourth-order valence-electron chi connectivity index (χ4n) is 1.92. The van der Waals surface area contributed by atoms with Crippen LogP contribution in [0.3, 0.4) is 0 Å². The monoisotopic (exact) mass is 375 g/mol. The second kappa shape index (κ2) is 6.24. The minimum absolute atomic E-state index is 0.0594. The summed E-state index contributed by atoms with van der Waals surface area (Å²) in [5.41, 5.74) is -0.668. The van der Waals surface area contributed by atoms with Gasteiger partial charge in [-0.05, 0) is 39.0 Å². The lowest BCUT2D eigenvalue weighted by Crippen LogP contribution is -2.32. The van der Waals surface area contributed by atoms with Crippen molar-refractivity contribution < 1.29 is 22.7 Å². The minimum atomic E-state index is -2.64. The topological polar surface area (TPSA) is 51.5 Å². The molecule has 0 atom stereocenters. The van der Waals surface area contributed by atoms with Crippen LogP contribution in [0.1, 0.15) is 38.5 Å². The Morgan fingerprint density at radius 3 is 2.64 bits per heavy atom. The fourth-order valence-corrected chi connectivity index (χ4v) is 2.41. The highest BCUT2D eigenvalue weighted by Crippen LogP contribution is 2.33. The van der Waals surface area contributed by atoms with E-state index in [1.54, 1.807) is 32.9 Å². The van der Waals surface area contributed by atoms with E-state index < -0.39 is 18.1 Å². The minimum Gasteiger partial charge on any atom is -0.459 e. The Labute approximate surface area is 134 Å². The molecule has 2 rings (SSSR count). The average molecular weight is 376 g/mol. The SMILES string of the molecule is CC(C)(C)OC(=O)NCc1cc2cc(Br)cc(C(F)F)c2o1. The van der Waals surface area contributed by atoms with E-state index in [9.17, 15) is 13.6 Å². The van der Waals surface area contributed by atoms with Crippen LogP contribution < -0.4 is 5.32 Å². The Morgan fingerprint density at radius 1 is 1.36 bits per heavy atom. The number of hydrogen-bond donors (Lipinski definition) is 1. The van der Waals surface area contributed by atoms with E-state index in [1.165, 1.54) is 6.07 Å². The van der Waals surface area contributed by atoms with Crippen molar-refractivity contribution in [1.29, 1.82) is 0 Å². The van der Waals surface area contributed by atoms with E-state index in [4.69, 9.17) is 9.15 Å². The molecule has 0 spiro atoms. The zero-order chi connectivity index (χ0) is 16.5. The van der Waals surface area contributed by atoms with E-state index in [2.05, 4.69) is 21.2 Å². The van der Waals surface area contributed by atoms with Gasteiger partial charge in [0.05, 0.1) is 12.1 Å². The first-order valence-electron chi connectivity index (χ1n) is 6.62. The van der Waals surface area contributed by atoms with E-state index in [0.717, 1.165) is 0 Å². The zero-order valence-electron chi connectivity index (χ0n) is 12.4. The molecule has 22 heavy (non-hydrogen) atoms. The Morgan fingerprint density at radius 2 is 2.05 bits per heavy atom. The van der Waals surface area contributed by atoms with Crippen LogP contribution in [0.25, 0.3) is 11.0 Å². The maximum atomic E-state index is 13.0. The van der Waals surface area contributed by atoms with Crippen molar-refractivity contribution in [2.45, 2.75) is 39.3 Å². The first kappa shape index (κ1) is 16.7. The highest BCUT2D eigenvalue weighted by molar-refractivity contribution is 9.10. The molecule has 2 aromatic rings. The number of amides is 1. The standard InChI is InChI=1S/C15H16BrF2NO3/c1-15(2,3)22-14(20)19-7-10-5-8-4-9(16)6-11(13(17)18)12(8)21-10/h4-6,13H,7H2,1-3H3,(H,19,20). The van der Waals surface area contributed by atoms with Gasteiger partial charge in [-0.2, -0.15) is 0 Å². The maximum Gasteiger partial charge on any atom is 0.408 e. The third-order valence-corrected chi connectivity index (χ3v) is 3.16. The van der Waals surface area contributed by atoms with Gasteiger partial charge in [0, 0.05) is 9.86 Å².